The molecule has 0 amide bonds. The summed E-state index contributed by atoms with van der Waals surface area (Å²) in [6.07, 6.45) is 0. The van der Waals surface area contributed by atoms with E-state index < -0.39 is 43.6 Å². The highest BCUT2D eigenvalue weighted by atomic mass is 35.5. The summed E-state index contributed by atoms with van der Waals surface area (Å²) in [6.45, 7) is -1.79. The van der Waals surface area contributed by atoms with E-state index in [4.69, 9.17) is 55.5 Å². The van der Waals surface area contributed by atoms with Crippen LogP contribution in [0.5, 0.6) is 0 Å². The fourth-order valence-electron chi connectivity index (χ4n) is 0.484. The third-order valence-corrected chi connectivity index (χ3v) is 4.11. The van der Waals surface area contributed by atoms with Crippen LogP contribution in [0.25, 0.3) is 0 Å². The standard InChI is InChI=1S/C4H6Cl4O7S2/c5-3(6,1-14-16(9)10)4(7,8)2-15-17(11,12)13/h1-2H2,(H,9,10)(H,11,12,13). The summed E-state index contributed by atoms with van der Waals surface area (Å²) >= 11 is 19.6. The van der Waals surface area contributed by atoms with Crippen molar-refractivity contribution in [3.63, 3.8) is 0 Å². The topological polar surface area (TPSA) is 110 Å². The largest absolute Gasteiger partial charge is 0.397 e. The van der Waals surface area contributed by atoms with Crippen LogP contribution in [0.2, 0.25) is 0 Å². The van der Waals surface area contributed by atoms with Gasteiger partial charge in [-0.1, -0.05) is 46.4 Å². The van der Waals surface area contributed by atoms with Crippen LogP contribution in [0, 0.1) is 0 Å². The Morgan fingerprint density at radius 1 is 1.12 bits per heavy atom. The second-order valence-corrected chi connectivity index (χ2v) is 7.31. The molecule has 0 aliphatic rings. The molecule has 2 N–H and O–H groups in total. The number of hydrogen-bond acceptors (Lipinski definition) is 5. The predicted octanol–water partition coefficient (Wildman–Crippen LogP) is 1.31. The number of hydrogen-bond donors (Lipinski definition) is 2. The Morgan fingerprint density at radius 3 is 1.88 bits per heavy atom. The normalized spacial score (nSPS) is 15.9. The molecule has 17 heavy (non-hydrogen) atoms. The minimum atomic E-state index is -4.79. The highest BCUT2D eigenvalue weighted by Gasteiger charge is 2.49. The van der Waals surface area contributed by atoms with Gasteiger partial charge < -0.3 is 0 Å². The molecule has 0 aliphatic heterocycles. The van der Waals surface area contributed by atoms with E-state index in [1.54, 1.807) is 0 Å². The molecule has 0 spiro atoms. The van der Waals surface area contributed by atoms with E-state index in [0.717, 1.165) is 0 Å². The van der Waals surface area contributed by atoms with Crippen LogP contribution in [0.15, 0.2) is 0 Å². The molecule has 0 radical (unpaired) electrons. The van der Waals surface area contributed by atoms with Gasteiger partial charge in [0.05, 0.1) is 0 Å². The zero-order valence-corrected chi connectivity index (χ0v) is 12.3. The SMILES string of the molecule is O=S(O)OCC(Cl)(Cl)C(Cl)(Cl)COS(=O)(=O)O. The number of alkyl halides is 4. The predicted molar refractivity (Wildman–Crippen MR) is 63.1 cm³/mol. The summed E-state index contributed by atoms with van der Waals surface area (Å²) in [7, 11) is -4.79. The average Bonchev–Trinajstić information content (AvgIpc) is 2.10. The third kappa shape index (κ3) is 7.31. The number of halogens is 4. The first-order valence-corrected chi connectivity index (χ1v) is 7.40. The van der Waals surface area contributed by atoms with Gasteiger partial charge in [-0.05, 0) is 0 Å². The molecule has 0 aliphatic carbocycles. The van der Waals surface area contributed by atoms with E-state index >= 15 is 0 Å². The first kappa shape index (κ1) is 18.1. The van der Waals surface area contributed by atoms with Gasteiger partial charge in [0.25, 0.3) is 0 Å². The molecule has 0 heterocycles. The molecule has 13 heteroatoms. The maximum Gasteiger partial charge on any atom is 0.397 e. The Balaban J connectivity index is 4.60. The summed E-state index contributed by atoms with van der Waals surface area (Å²) in [4.78, 5) is 0. The molecule has 104 valence electrons. The Morgan fingerprint density at radius 2 is 1.53 bits per heavy atom. The van der Waals surface area contributed by atoms with Crippen LogP contribution in [-0.2, 0) is 30.1 Å². The van der Waals surface area contributed by atoms with Gasteiger partial charge in [0.15, 0.2) is 8.67 Å². The van der Waals surface area contributed by atoms with Crippen molar-refractivity contribution in [2.24, 2.45) is 0 Å². The Kier molecular flexibility index (Phi) is 6.93. The summed E-state index contributed by atoms with van der Waals surface area (Å²) in [5.74, 6) is 0. The van der Waals surface area contributed by atoms with E-state index in [9.17, 15) is 12.6 Å². The lowest BCUT2D eigenvalue weighted by molar-refractivity contribution is 0.229. The van der Waals surface area contributed by atoms with Crippen molar-refractivity contribution in [1.29, 1.82) is 0 Å². The van der Waals surface area contributed by atoms with Gasteiger partial charge in [-0.15, -0.1) is 0 Å². The van der Waals surface area contributed by atoms with Crippen molar-refractivity contribution >= 4 is 68.2 Å². The molecule has 0 aromatic carbocycles. The van der Waals surface area contributed by atoms with Crippen LogP contribution in [0.1, 0.15) is 0 Å². The Hall–Kier alpha value is 1.10. The first-order valence-electron chi connectivity index (χ1n) is 3.49. The lowest BCUT2D eigenvalue weighted by atomic mass is 10.3. The zero-order valence-electron chi connectivity index (χ0n) is 7.68. The van der Waals surface area contributed by atoms with E-state index in [2.05, 4.69) is 8.37 Å². The maximum absolute atomic E-state index is 10.3. The highest BCUT2D eigenvalue weighted by molar-refractivity contribution is 7.80. The minimum absolute atomic E-state index is 0.791. The molecular weight excluding hydrogens is 366 g/mol. The van der Waals surface area contributed by atoms with Crippen LogP contribution >= 0.6 is 46.4 Å². The minimum Gasteiger partial charge on any atom is -0.284 e. The second kappa shape index (κ2) is 6.51. The molecule has 0 saturated carbocycles. The zero-order chi connectivity index (χ0) is 13.9. The molecule has 0 rings (SSSR count). The Labute approximate surface area is 120 Å². The number of rotatable bonds is 7. The lowest BCUT2D eigenvalue weighted by Crippen LogP contribution is -2.44. The molecule has 0 aromatic heterocycles. The van der Waals surface area contributed by atoms with Crippen molar-refractivity contribution in [2.45, 2.75) is 8.67 Å². The van der Waals surface area contributed by atoms with Gasteiger partial charge in [0, 0.05) is 0 Å². The van der Waals surface area contributed by atoms with Crippen molar-refractivity contribution in [3.05, 3.63) is 0 Å². The summed E-state index contributed by atoms with van der Waals surface area (Å²) < 4.78 is 51.1. The molecule has 0 saturated heterocycles. The fourth-order valence-corrected chi connectivity index (χ4v) is 1.78. The molecule has 0 aromatic rings. The first-order chi connectivity index (χ1) is 7.37. The van der Waals surface area contributed by atoms with Gasteiger partial charge >= 0.3 is 21.8 Å². The molecule has 1 atom stereocenters. The Bertz CT molecular complexity index is 379. The van der Waals surface area contributed by atoms with Crippen LogP contribution < -0.4 is 0 Å². The van der Waals surface area contributed by atoms with E-state index in [-0.39, 0.29) is 0 Å². The smallest absolute Gasteiger partial charge is 0.284 e. The highest BCUT2D eigenvalue weighted by Crippen LogP contribution is 2.43. The monoisotopic (exact) mass is 370 g/mol. The second-order valence-electron chi connectivity index (χ2n) is 2.58. The van der Waals surface area contributed by atoms with Gasteiger partial charge in [-0.25, -0.2) is 4.18 Å². The van der Waals surface area contributed by atoms with E-state index in [1.807, 2.05) is 0 Å². The van der Waals surface area contributed by atoms with Crippen LogP contribution in [0.3, 0.4) is 0 Å². The van der Waals surface area contributed by atoms with Crippen molar-refractivity contribution < 1.29 is 30.1 Å². The van der Waals surface area contributed by atoms with Crippen LogP contribution in [0.4, 0.5) is 0 Å². The van der Waals surface area contributed by atoms with Crippen molar-refractivity contribution in [3.8, 4) is 0 Å². The molecule has 0 bridgehead atoms. The van der Waals surface area contributed by atoms with E-state index in [1.165, 1.54) is 0 Å². The van der Waals surface area contributed by atoms with Gasteiger partial charge in [0.2, 0.25) is 0 Å². The summed E-state index contributed by atoms with van der Waals surface area (Å²) in [5, 5.41) is 0. The van der Waals surface area contributed by atoms with Gasteiger partial charge in [-0.3, -0.25) is 13.3 Å². The van der Waals surface area contributed by atoms with Crippen LogP contribution in [-0.4, -0.2) is 43.6 Å². The summed E-state index contributed by atoms with van der Waals surface area (Å²) in [5.41, 5.74) is 0. The quantitative estimate of drug-likeness (QED) is 0.394. The van der Waals surface area contributed by atoms with Gasteiger partial charge in [-0.2, -0.15) is 12.6 Å². The average molecular weight is 372 g/mol. The maximum atomic E-state index is 10.3. The molecular formula is C4H6Cl4O7S2. The molecule has 7 nitrogen and oxygen atoms in total. The molecule has 0 fully saturated rings. The third-order valence-electron chi connectivity index (χ3n) is 1.27. The van der Waals surface area contributed by atoms with Crippen molar-refractivity contribution in [1.82, 2.24) is 0 Å². The lowest BCUT2D eigenvalue weighted by Gasteiger charge is -2.30. The fraction of sp³-hybridized carbons (Fsp3) is 1.00. The van der Waals surface area contributed by atoms with Crippen molar-refractivity contribution in [2.75, 3.05) is 13.2 Å². The summed E-state index contributed by atoms with van der Waals surface area (Å²) in [6, 6.07) is 0. The van der Waals surface area contributed by atoms with Gasteiger partial charge in [0.1, 0.15) is 13.2 Å². The molecule has 1 unspecified atom stereocenters. The van der Waals surface area contributed by atoms with E-state index in [0.29, 0.717) is 0 Å².